The number of hydrogen-bond donors (Lipinski definition) is 1. The molecule has 2 heterocycles. The molecular formula is C19H14F3N3O. The lowest BCUT2D eigenvalue weighted by Gasteiger charge is -2.09. The van der Waals surface area contributed by atoms with E-state index in [4.69, 9.17) is 10.3 Å². The van der Waals surface area contributed by atoms with Crippen molar-refractivity contribution < 1.29 is 17.7 Å². The van der Waals surface area contributed by atoms with Crippen molar-refractivity contribution in [2.24, 2.45) is 0 Å². The van der Waals surface area contributed by atoms with E-state index in [-0.39, 0.29) is 12.4 Å². The van der Waals surface area contributed by atoms with Gasteiger partial charge in [-0.25, -0.2) is 13.2 Å². The summed E-state index contributed by atoms with van der Waals surface area (Å²) in [6.45, 7) is 2.13. The molecule has 0 fully saturated rings. The van der Waals surface area contributed by atoms with Crippen molar-refractivity contribution in [2.75, 3.05) is 5.73 Å². The molecule has 4 nitrogen and oxygen atoms in total. The summed E-state index contributed by atoms with van der Waals surface area (Å²) >= 11 is 0. The highest BCUT2D eigenvalue weighted by molar-refractivity contribution is 5.96. The van der Waals surface area contributed by atoms with E-state index in [2.05, 4.69) is 5.16 Å². The van der Waals surface area contributed by atoms with Gasteiger partial charge in [0, 0.05) is 29.8 Å². The summed E-state index contributed by atoms with van der Waals surface area (Å²) in [4.78, 5) is 0. The highest BCUT2D eigenvalue weighted by atomic mass is 19.2. The number of aryl methyl sites for hydroxylation is 1. The van der Waals surface area contributed by atoms with E-state index in [9.17, 15) is 13.2 Å². The molecule has 2 aromatic heterocycles. The van der Waals surface area contributed by atoms with Gasteiger partial charge >= 0.3 is 0 Å². The predicted molar refractivity (Wildman–Crippen MR) is 92.0 cm³/mol. The monoisotopic (exact) mass is 357 g/mol. The molecule has 0 aliphatic rings. The average molecular weight is 357 g/mol. The molecule has 26 heavy (non-hydrogen) atoms. The Kier molecular flexibility index (Phi) is 3.72. The predicted octanol–water partition coefficient (Wildman–Crippen LogP) is 4.65. The van der Waals surface area contributed by atoms with Gasteiger partial charge in [-0.3, -0.25) is 0 Å². The lowest BCUT2D eigenvalue weighted by molar-refractivity contribution is 0.435. The van der Waals surface area contributed by atoms with E-state index in [1.54, 1.807) is 0 Å². The third kappa shape index (κ3) is 2.71. The third-order valence-electron chi connectivity index (χ3n) is 4.27. The fourth-order valence-corrected chi connectivity index (χ4v) is 3.14. The second-order valence-corrected chi connectivity index (χ2v) is 6.15. The van der Waals surface area contributed by atoms with E-state index >= 15 is 0 Å². The topological polar surface area (TPSA) is 57.0 Å². The molecule has 2 N–H and O–H groups in total. The summed E-state index contributed by atoms with van der Waals surface area (Å²) in [5.74, 6) is -1.72. The molecule has 4 aromatic rings. The van der Waals surface area contributed by atoms with Gasteiger partial charge in [0.05, 0.1) is 5.52 Å². The minimum atomic E-state index is -0.912. The van der Waals surface area contributed by atoms with Crippen LogP contribution in [0.1, 0.15) is 11.1 Å². The van der Waals surface area contributed by atoms with Crippen molar-refractivity contribution in [1.29, 1.82) is 0 Å². The summed E-state index contributed by atoms with van der Waals surface area (Å²) in [6.07, 6.45) is 1.83. The highest BCUT2D eigenvalue weighted by Crippen LogP contribution is 2.34. The maximum absolute atomic E-state index is 14.1. The molecule has 0 aliphatic heterocycles. The van der Waals surface area contributed by atoms with E-state index in [0.29, 0.717) is 27.8 Å². The number of fused-ring (bicyclic) bond motifs is 1. The van der Waals surface area contributed by atoms with Gasteiger partial charge in [0.15, 0.2) is 23.2 Å². The number of benzene rings is 2. The van der Waals surface area contributed by atoms with E-state index in [1.807, 2.05) is 17.7 Å². The molecule has 0 unspecified atom stereocenters. The zero-order valence-electron chi connectivity index (χ0n) is 13.8. The molecule has 0 radical (unpaired) electrons. The fraction of sp³-hybridized carbons (Fsp3) is 0.105. The van der Waals surface area contributed by atoms with Crippen molar-refractivity contribution in [3.63, 3.8) is 0 Å². The minimum absolute atomic E-state index is 0.188. The van der Waals surface area contributed by atoms with Crippen LogP contribution in [-0.2, 0) is 6.54 Å². The summed E-state index contributed by atoms with van der Waals surface area (Å²) in [7, 11) is 0. The lowest BCUT2D eigenvalue weighted by Crippen LogP contribution is -2.00. The van der Waals surface area contributed by atoms with Gasteiger partial charge in [-0.1, -0.05) is 11.2 Å². The highest BCUT2D eigenvalue weighted by Gasteiger charge is 2.17. The first-order chi connectivity index (χ1) is 12.4. The fourth-order valence-electron chi connectivity index (χ4n) is 3.14. The zero-order chi connectivity index (χ0) is 18.4. The zero-order valence-corrected chi connectivity index (χ0v) is 13.8. The molecule has 132 valence electrons. The molecular weight excluding hydrogens is 343 g/mol. The number of nitrogens with zero attached hydrogens (tertiary/aromatic N) is 2. The standard InChI is InChI=1S/C19H14F3N3O/c1-10-8-25(9-11-2-3-15(21)16(22)4-11)19-13(10)5-12(20)6-14(19)17-7-18(23)24-26-17/h2-8H,9H2,1H3,(H2,23,24). The van der Waals surface area contributed by atoms with Crippen molar-refractivity contribution >= 4 is 16.7 Å². The van der Waals surface area contributed by atoms with Gasteiger partial charge in [-0.2, -0.15) is 0 Å². The Labute approximate surface area is 146 Å². The number of rotatable bonds is 3. The Balaban J connectivity index is 1.91. The van der Waals surface area contributed by atoms with Crippen LogP contribution in [0.15, 0.2) is 47.1 Å². The maximum atomic E-state index is 14.1. The van der Waals surface area contributed by atoms with E-state index < -0.39 is 17.5 Å². The molecule has 7 heteroatoms. The van der Waals surface area contributed by atoms with Crippen molar-refractivity contribution in [3.8, 4) is 11.3 Å². The van der Waals surface area contributed by atoms with Gasteiger partial charge in [0.25, 0.3) is 0 Å². The van der Waals surface area contributed by atoms with Gasteiger partial charge in [-0.15, -0.1) is 0 Å². The van der Waals surface area contributed by atoms with Crippen LogP contribution in [0, 0.1) is 24.4 Å². The molecule has 0 atom stereocenters. The second kappa shape index (κ2) is 5.94. The Bertz CT molecular complexity index is 1130. The average Bonchev–Trinajstić information content (AvgIpc) is 3.15. The molecule has 0 spiro atoms. The van der Waals surface area contributed by atoms with Crippen LogP contribution in [0.25, 0.3) is 22.2 Å². The van der Waals surface area contributed by atoms with Crippen LogP contribution in [0.4, 0.5) is 19.0 Å². The normalized spacial score (nSPS) is 11.4. The van der Waals surface area contributed by atoms with Gasteiger partial charge < -0.3 is 14.8 Å². The molecule has 0 saturated carbocycles. The van der Waals surface area contributed by atoms with E-state index in [1.165, 1.54) is 24.3 Å². The third-order valence-corrected chi connectivity index (χ3v) is 4.27. The summed E-state index contributed by atoms with van der Waals surface area (Å²) < 4.78 is 47.8. The SMILES string of the molecule is Cc1cn(Cc2ccc(F)c(F)c2)c2c(-c3cc(N)no3)cc(F)cc12. The summed E-state index contributed by atoms with van der Waals surface area (Å²) in [5.41, 5.74) is 8.22. The number of nitrogens with two attached hydrogens (primary N) is 1. The smallest absolute Gasteiger partial charge is 0.171 e. The molecule has 2 aromatic carbocycles. The van der Waals surface area contributed by atoms with E-state index in [0.717, 1.165) is 17.7 Å². The number of halogens is 3. The summed E-state index contributed by atoms with van der Waals surface area (Å²) in [5, 5.41) is 4.34. The summed E-state index contributed by atoms with van der Waals surface area (Å²) in [6, 6.07) is 8.01. The molecule has 4 rings (SSSR count). The maximum Gasteiger partial charge on any atom is 0.171 e. The van der Waals surface area contributed by atoms with Crippen molar-refractivity contribution in [1.82, 2.24) is 9.72 Å². The number of anilines is 1. The van der Waals surface area contributed by atoms with Crippen LogP contribution in [0.5, 0.6) is 0 Å². The van der Waals surface area contributed by atoms with Gasteiger partial charge in [-0.05, 0) is 42.3 Å². The van der Waals surface area contributed by atoms with Crippen LogP contribution >= 0.6 is 0 Å². The quantitative estimate of drug-likeness (QED) is 0.580. The first-order valence-electron chi connectivity index (χ1n) is 7.88. The van der Waals surface area contributed by atoms with Crippen LogP contribution in [0.2, 0.25) is 0 Å². The Hall–Kier alpha value is -3.22. The Morgan fingerprint density at radius 1 is 1.08 bits per heavy atom. The first-order valence-corrected chi connectivity index (χ1v) is 7.88. The van der Waals surface area contributed by atoms with Crippen LogP contribution in [-0.4, -0.2) is 9.72 Å². The lowest BCUT2D eigenvalue weighted by atomic mass is 10.1. The van der Waals surface area contributed by atoms with Crippen molar-refractivity contribution in [2.45, 2.75) is 13.5 Å². The first kappa shape index (κ1) is 16.3. The Morgan fingerprint density at radius 3 is 2.58 bits per heavy atom. The molecule has 0 bridgehead atoms. The minimum Gasteiger partial charge on any atom is -0.381 e. The molecule has 0 saturated heterocycles. The second-order valence-electron chi connectivity index (χ2n) is 6.15. The van der Waals surface area contributed by atoms with Crippen LogP contribution in [0.3, 0.4) is 0 Å². The van der Waals surface area contributed by atoms with Gasteiger partial charge in [0.2, 0.25) is 0 Å². The molecule has 0 aliphatic carbocycles. The van der Waals surface area contributed by atoms with Crippen molar-refractivity contribution in [3.05, 3.63) is 71.2 Å². The largest absolute Gasteiger partial charge is 0.381 e. The van der Waals surface area contributed by atoms with Gasteiger partial charge in [0.1, 0.15) is 5.82 Å². The molecule has 0 amide bonds. The van der Waals surface area contributed by atoms with Crippen LogP contribution < -0.4 is 5.73 Å². The number of aromatic nitrogens is 2. The Morgan fingerprint density at radius 2 is 1.88 bits per heavy atom. The number of nitrogen functional groups attached to an aromatic ring is 1. The number of hydrogen-bond acceptors (Lipinski definition) is 3.